The molecular formula is C23H25NO. The van der Waals surface area contributed by atoms with Gasteiger partial charge in [0.05, 0.1) is 11.4 Å². The molecule has 0 spiro atoms. The summed E-state index contributed by atoms with van der Waals surface area (Å²) in [6.45, 7) is 8.29. The Bertz CT molecular complexity index is 898. The number of rotatable bonds is 1. The SMILES string of the molecule is [2H][C@@]12C(=O)N(C(C)(C)C)[C@](C)(c3ccccc3)[C@@H]1C=Cc1ccccc12. The maximum absolute atomic E-state index is 13.8. The monoisotopic (exact) mass is 332 g/mol. The van der Waals surface area contributed by atoms with E-state index in [0.29, 0.717) is 0 Å². The van der Waals surface area contributed by atoms with Crippen LogP contribution in [0.3, 0.4) is 0 Å². The Balaban J connectivity index is 2.03. The quantitative estimate of drug-likeness (QED) is 0.722. The van der Waals surface area contributed by atoms with Gasteiger partial charge in [0.25, 0.3) is 0 Å². The van der Waals surface area contributed by atoms with E-state index in [1.165, 1.54) is 0 Å². The molecule has 0 aromatic heterocycles. The normalized spacial score (nSPS) is 31.5. The summed E-state index contributed by atoms with van der Waals surface area (Å²) in [4.78, 5) is 15.7. The molecule has 1 amide bonds. The van der Waals surface area contributed by atoms with Crippen molar-refractivity contribution in [3.05, 3.63) is 77.4 Å². The average molecular weight is 332 g/mol. The van der Waals surface area contributed by atoms with Crippen LogP contribution in [0.15, 0.2) is 60.7 Å². The van der Waals surface area contributed by atoms with Gasteiger partial charge in [-0.15, -0.1) is 0 Å². The van der Waals surface area contributed by atoms with Crippen molar-refractivity contribution in [1.82, 2.24) is 4.90 Å². The van der Waals surface area contributed by atoms with E-state index < -0.39 is 17.0 Å². The van der Waals surface area contributed by atoms with Gasteiger partial charge >= 0.3 is 0 Å². The maximum Gasteiger partial charge on any atom is 0.232 e. The second kappa shape index (κ2) is 5.32. The minimum Gasteiger partial charge on any atom is -0.327 e. The fourth-order valence-electron chi connectivity index (χ4n) is 4.62. The first-order valence-electron chi connectivity index (χ1n) is 9.40. The first-order valence-corrected chi connectivity index (χ1v) is 8.90. The number of carbonyl (C=O) groups excluding carboxylic acids is 1. The van der Waals surface area contributed by atoms with Crippen molar-refractivity contribution in [2.45, 2.75) is 44.7 Å². The minimum absolute atomic E-state index is 0.113. The van der Waals surface area contributed by atoms with E-state index in [2.05, 4.69) is 52.0 Å². The van der Waals surface area contributed by atoms with Gasteiger partial charge in [-0.3, -0.25) is 4.79 Å². The molecule has 0 radical (unpaired) electrons. The molecule has 1 fully saturated rings. The molecule has 1 heterocycles. The summed E-state index contributed by atoms with van der Waals surface area (Å²) in [5.41, 5.74) is 1.88. The smallest absolute Gasteiger partial charge is 0.232 e. The molecule has 2 aromatic rings. The van der Waals surface area contributed by atoms with Gasteiger partial charge in [0.1, 0.15) is 0 Å². The molecule has 1 saturated heterocycles. The third-order valence-corrected chi connectivity index (χ3v) is 5.56. The van der Waals surface area contributed by atoms with E-state index in [-0.39, 0.29) is 11.8 Å². The lowest BCUT2D eigenvalue weighted by Crippen LogP contribution is -2.53. The Morgan fingerprint density at radius 2 is 1.68 bits per heavy atom. The fourth-order valence-corrected chi connectivity index (χ4v) is 4.62. The molecule has 2 heteroatoms. The summed E-state index contributed by atoms with van der Waals surface area (Å²) < 4.78 is 9.40. The van der Waals surface area contributed by atoms with E-state index in [9.17, 15) is 6.17 Å². The summed E-state index contributed by atoms with van der Waals surface area (Å²) in [6, 6.07) is 18.0. The highest BCUT2D eigenvalue weighted by Crippen LogP contribution is 2.56. The number of benzene rings is 2. The van der Waals surface area contributed by atoms with Crippen LogP contribution < -0.4 is 0 Å². The van der Waals surface area contributed by atoms with Crippen molar-refractivity contribution in [3.8, 4) is 0 Å². The predicted molar refractivity (Wildman–Crippen MR) is 102 cm³/mol. The number of carbonyl (C=O) groups is 1. The molecule has 4 rings (SSSR count). The lowest BCUT2D eigenvalue weighted by molar-refractivity contribution is -0.138. The Hall–Kier alpha value is -2.35. The topological polar surface area (TPSA) is 20.3 Å². The van der Waals surface area contributed by atoms with Crippen LogP contribution in [-0.2, 0) is 10.3 Å². The van der Waals surface area contributed by atoms with Crippen LogP contribution in [0, 0.1) is 5.92 Å². The van der Waals surface area contributed by atoms with Crippen LogP contribution in [0.2, 0.25) is 0 Å². The third kappa shape index (κ3) is 2.20. The van der Waals surface area contributed by atoms with Gasteiger partial charge in [0.15, 0.2) is 0 Å². The second-order valence-electron chi connectivity index (χ2n) is 8.16. The van der Waals surface area contributed by atoms with Gasteiger partial charge in [-0.25, -0.2) is 0 Å². The zero-order chi connectivity index (χ0) is 18.7. The first-order chi connectivity index (χ1) is 12.2. The molecule has 0 unspecified atom stereocenters. The van der Waals surface area contributed by atoms with Crippen LogP contribution in [0.5, 0.6) is 0 Å². The van der Waals surface area contributed by atoms with E-state index in [0.717, 1.165) is 16.7 Å². The molecular weight excluding hydrogens is 306 g/mol. The van der Waals surface area contributed by atoms with Gasteiger partial charge in [-0.2, -0.15) is 0 Å². The van der Waals surface area contributed by atoms with Crippen LogP contribution in [-0.4, -0.2) is 16.3 Å². The van der Waals surface area contributed by atoms with Crippen molar-refractivity contribution < 1.29 is 6.17 Å². The molecule has 128 valence electrons. The van der Waals surface area contributed by atoms with Crippen LogP contribution in [0.4, 0.5) is 0 Å². The standard InChI is InChI=1S/C23H25NO/c1-22(2,3)24-21(25)20-18-13-9-8-10-16(18)14-15-19(20)23(24,4)17-11-6-5-7-12-17/h5-15,19-20H,1-4H3/t19-,20+,23-/m1/s1/i20D. The Morgan fingerprint density at radius 3 is 2.36 bits per heavy atom. The molecule has 0 bridgehead atoms. The van der Waals surface area contributed by atoms with Gasteiger partial charge in [0, 0.05) is 12.8 Å². The molecule has 2 aliphatic rings. The van der Waals surface area contributed by atoms with Crippen molar-refractivity contribution in [3.63, 3.8) is 0 Å². The summed E-state index contributed by atoms with van der Waals surface area (Å²) in [5.74, 6) is -1.67. The lowest BCUT2D eigenvalue weighted by Gasteiger charge is -2.46. The summed E-state index contributed by atoms with van der Waals surface area (Å²) in [7, 11) is 0. The third-order valence-electron chi connectivity index (χ3n) is 5.56. The van der Waals surface area contributed by atoms with Gasteiger partial charge in [-0.05, 0) is 44.4 Å². The second-order valence-corrected chi connectivity index (χ2v) is 8.16. The van der Waals surface area contributed by atoms with Crippen LogP contribution in [0.1, 0.15) is 51.7 Å². The molecule has 1 aliphatic heterocycles. The Labute approximate surface area is 151 Å². The highest BCUT2D eigenvalue weighted by atomic mass is 16.2. The molecule has 1 aliphatic carbocycles. The number of hydrogen-bond acceptors (Lipinski definition) is 1. The molecule has 0 N–H and O–H groups in total. The Kier molecular flexibility index (Phi) is 3.18. The van der Waals surface area contributed by atoms with E-state index in [1.54, 1.807) is 0 Å². The van der Waals surface area contributed by atoms with Crippen molar-refractivity contribution in [1.29, 1.82) is 0 Å². The summed E-state index contributed by atoms with van der Waals surface area (Å²) in [5, 5.41) is 0. The zero-order valence-corrected chi connectivity index (χ0v) is 15.3. The van der Waals surface area contributed by atoms with Crippen LogP contribution in [0.25, 0.3) is 6.08 Å². The molecule has 2 aromatic carbocycles. The average Bonchev–Trinajstić information content (AvgIpc) is 2.80. The van der Waals surface area contributed by atoms with Crippen molar-refractivity contribution >= 4 is 12.0 Å². The van der Waals surface area contributed by atoms with Gasteiger partial charge < -0.3 is 4.90 Å². The predicted octanol–water partition coefficient (Wildman–Crippen LogP) is 4.97. The molecule has 25 heavy (non-hydrogen) atoms. The maximum atomic E-state index is 13.8. The summed E-state index contributed by atoms with van der Waals surface area (Å²) >= 11 is 0. The van der Waals surface area contributed by atoms with Crippen molar-refractivity contribution in [2.24, 2.45) is 5.92 Å². The minimum atomic E-state index is -1.30. The number of likely N-dealkylation sites (tertiary alicyclic amines) is 1. The van der Waals surface area contributed by atoms with Gasteiger partial charge in [0.2, 0.25) is 5.91 Å². The Morgan fingerprint density at radius 1 is 1.04 bits per heavy atom. The molecule has 0 saturated carbocycles. The van der Waals surface area contributed by atoms with Crippen LogP contribution >= 0.6 is 0 Å². The number of amides is 1. The van der Waals surface area contributed by atoms with E-state index in [1.807, 2.05) is 47.4 Å². The molecule has 3 atom stereocenters. The van der Waals surface area contributed by atoms with E-state index in [4.69, 9.17) is 0 Å². The summed E-state index contributed by atoms with van der Waals surface area (Å²) in [6.07, 6.45) is 4.15. The van der Waals surface area contributed by atoms with Crippen molar-refractivity contribution in [2.75, 3.05) is 0 Å². The largest absolute Gasteiger partial charge is 0.327 e. The van der Waals surface area contributed by atoms with Gasteiger partial charge in [-0.1, -0.05) is 66.7 Å². The first kappa shape index (κ1) is 14.9. The van der Waals surface area contributed by atoms with E-state index >= 15 is 0 Å². The zero-order valence-electron chi connectivity index (χ0n) is 16.3. The highest BCUT2D eigenvalue weighted by molar-refractivity contribution is 5.91. The molecule has 2 nitrogen and oxygen atoms in total. The number of fused-ring (bicyclic) bond motifs is 3. The lowest BCUT2D eigenvalue weighted by atomic mass is 9.70. The number of hydrogen-bond donors (Lipinski definition) is 0. The number of nitrogens with zero attached hydrogens (tertiary/aromatic N) is 1. The highest BCUT2D eigenvalue weighted by Gasteiger charge is 2.59. The fraction of sp³-hybridized carbons (Fsp3) is 0.348.